The van der Waals surface area contributed by atoms with Gasteiger partial charge in [-0.15, -0.1) is 0 Å². The summed E-state index contributed by atoms with van der Waals surface area (Å²) in [5.74, 6) is 0.378. The first-order chi connectivity index (χ1) is 10.6. The zero-order valence-electron chi connectivity index (χ0n) is 12.9. The molecule has 22 heavy (non-hydrogen) atoms. The summed E-state index contributed by atoms with van der Waals surface area (Å²) < 4.78 is 5.26. The van der Waals surface area contributed by atoms with Gasteiger partial charge in [0.1, 0.15) is 5.54 Å². The Morgan fingerprint density at radius 2 is 1.91 bits per heavy atom. The van der Waals surface area contributed by atoms with Crippen molar-refractivity contribution in [2.24, 2.45) is 5.92 Å². The molecule has 0 aromatic heterocycles. The Morgan fingerprint density at radius 3 is 2.59 bits per heavy atom. The van der Waals surface area contributed by atoms with Crippen molar-refractivity contribution in [3.63, 3.8) is 0 Å². The number of urea groups is 1. The molecule has 0 atom stereocenters. The van der Waals surface area contributed by atoms with Gasteiger partial charge in [-0.25, -0.2) is 4.79 Å². The number of nitrogens with one attached hydrogen (secondary N) is 1. The summed E-state index contributed by atoms with van der Waals surface area (Å²) in [7, 11) is 0. The predicted molar refractivity (Wildman–Crippen MR) is 79.2 cm³/mol. The molecule has 3 aliphatic rings. The maximum absolute atomic E-state index is 12.5. The second-order valence-electron chi connectivity index (χ2n) is 6.74. The SMILES string of the molecule is O=C(CCC1CCCC1)CN1C(=O)NC2(CCOCC2)C1=O. The molecule has 0 aromatic carbocycles. The number of hydrogen-bond donors (Lipinski definition) is 1. The largest absolute Gasteiger partial charge is 0.381 e. The highest BCUT2D eigenvalue weighted by atomic mass is 16.5. The highest BCUT2D eigenvalue weighted by Crippen LogP contribution is 2.30. The van der Waals surface area contributed by atoms with Crippen LogP contribution in [0.1, 0.15) is 51.4 Å². The first kappa shape index (κ1) is 15.5. The topological polar surface area (TPSA) is 75.7 Å². The molecule has 1 aliphatic carbocycles. The van der Waals surface area contributed by atoms with E-state index in [2.05, 4.69) is 5.32 Å². The molecule has 6 nitrogen and oxygen atoms in total. The summed E-state index contributed by atoms with van der Waals surface area (Å²) in [5, 5.41) is 2.78. The van der Waals surface area contributed by atoms with Crippen molar-refractivity contribution in [1.82, 2.24) is 10.2 Å². The quantitative estimate of drug-likeness (QED) is 0.783. The van der Waals surface area contributed by atoms with Crippen molar-refractivity contribution in [2.75, 3.05) is 19.8 Å². The zero-order chi connectivity index (χ0) is 15.6. The summed E-state index contributed by atoms with van der Waals surface area (Å²) in [6, 6.07) is -0.430. The Bertz CT molecular complexity index is 465. The molecule has 2 heterocycles. The van der Waals surface area contributed by atoms with Crippen LogP contribution in [0.25, 0.3) is 0 Å². The number of Topliss-reactive ketones (excluding diaryl/α,β-unsaturated/α-hetero) is 1. The third-order valence-electron chi connectivity index (χ3n) is 5.23. The Labute approximate surface area is 130 Å². The number of hydrogen-bond acceptors (Lipinski definition) is 4. The van der Waals surface area contributed by atoms with E-state index in [0.29, 0.717) is 38.4 Å². The Hall–Kier alpha value is -1.43. The molecule has 3 rings (SSSR count). The minimum atomic E-state index is -0.832. The summed E-state index contributed by atoms with van der Waals surface area (Å²) >= 11 is 0. The first-order valence-electron chi connectivity index (χ1n) is 8.34. The molecule has 3 amide bonds. The molecule has 2 aliphatic heterocycles. The Balaban J connectivity index is 1.54. The normalized spacial score (nSPS) is 25.0. The van der Waals surface area contributed by atoms with Gasteiger partial charge in [-0.2, -0.15) is 0 Å². The number of nitrogens with zero attached hydrogens (tertiary/aromatic N) is 1. The van der Waals surface area contributed by atoms with E-state index < -0.39 is 11.6 Å². The molecule has 6 heteroatoms. The van der Waals surface area contributed by atoms with Crippen LogP contribution in [0.3, 0.4) is 0 Å². The van der Waals surface area contributed by atoms with Gasteiger partial charge >= 0.3 is 6.03 Å². The zero-order valence-corrected chi connectivity index (χ0v) is 12.9. The van der Waals surface area contributed by atoms with Crippen molar-refractivity contribution >= 4 is 17.7 Å². The monoisotopic (exact) mass is 308 g/mol. The van der Waals surface area contributed by atoms with Crippen LogP contribution in [0.4, 0.5) is 4.79 Å². The molecule has 3 fully saturated rings. The number of imide groups is 1. The second-order valence-corrected chi connectivity index (χ2v) is 6.74. The summed E-state index contributed by atoms with van der Waals surface area (Å²) in [6.45, 7) is 0.852. The minimum absolute atomic E-state index is 0.0143. The van der Waals surface area contributed by atoms with Crippen LogP contribution in [-0.4, -0.2) is 47.9 Å². The van der Waals surface area contributed by atoms with E-state index in [1.165, 1.54) is 25.7 Å². The van der Waals surface area contributed by atoms with E-state index in [9.17, 15) is 14.4 Å². The predicted octanol–water partition coefficient (Wildman–Crippen LogP) is 1.63. The molecule has 0 unspecified atom stereocenters. The van der Waals surface area contributed by atoms with Crippen molar-refractivity contribution in [2.45, 2.75) is 56.9 Å². The maximum atomic E-state index is 12.5. The van der Waals surface area contributed by atoms with Gasteiger partial charge in [-0.1, -0.05) is 25.7 Å². The summed E-state index contributed by atoms with van der Waals surface area (Å²) in [4.78, 5) is 37.8. The first-order valence-corrected chi connectivity index (χ1v) is 8.34. The van der Waals surface area contributed by atoms with E-state index in [0.717, 1.165) is 11.3 Å². The van der Waals surface area contributed by atoms with Crippen LogP contribution < -0.4 is 5.32 Å². The lowest BCUT2D eigenvalue weighted by Gasteiger charge is -2.30. The van der Waals surface area contributed by atoms with Crippen LogP contribution in [-0.2, 0) is 14.3 Å². The van der Waals surface area contributed by atoms with Crippen molar-refractivity contribution < 1.29 is 19.1 Å². The maximum Gasteiger partial charge on any atom is 0.325 e. The van der Waals surface area contributed by atoms with E-state index in [-0.39, 0.29) is 18.2 Å². The standard InChI is InChI=1S/C16H24N2O4/c19-13(6-5-12-3-1-2-4-12)11-18-14(20)16(17-15(18)21)7-9-22-10-8-16/h12H,1-11H2,(H,17,21). The minimum Gasteiger partial charge on any atom is -0.381 e. The lowest BCUT2D eigenvalue weighted by atomic mass is 9.90. The number of amides is 3. The number of carbonyl (C=O) groups excluding carboxylic acids is 3. The number of ketones is 1. The molecule has 1 spiro atoms. The van der Waals surface area contributed by atoms with Gasteiger partial charge in [0.05, 0.1) is 6.54 Å². The Morgan fingerprint density at radius 1 is 1.23 bits per heavy atom. The van der Waals surface area contributed by atoms with Gasteiger partial charge in [0, 0.05) is 32.5 Å². The molecule has 122 valence electrons. The van der Waals surface area contributed by atoms with Crippen molar-refractivity contribution in [3.8, 4) is 0 Å². The smallest absolute Gasteiger partial charge is 0.325 e. The summed E-state index contributed by atoms with van der Waals surface area (Å²) in [5.41, 5.74) is -0.832. The molecule has 2 saturated heterocycles. The van der Waals surface area contributed by atoms with Gasteiger partial charge in [-0.3, -0.25) is 14.5 Å². The average Bonchev–Trinajstić information content (AvgIpc) is 3.10. The lowest BCUT2D eigenvalue weighted by Crippen LogP contribution is -2.51. The third-order valence-corrected chi connectivity index (χ3v) is 5.23. The highest BCUT2D eigenvalue weighted by Gasteiger charge is 2.51. The van der Waals surface area contributed by atoms with E-state index in [1.54, 1.807) is 0 Å². The van der Waals surface area contributed by atoms with Gasteiger partial charge < -0.3 is 10.1 Å². The van der Waals surface area contributed by atoms with Gasteiger partial charge in [0.15, 0.2) is 5.78 Å². The fourth-order valence-electron chi connectivity index (χ4n) is 3.80. The molecule has 0 radical (unpaired) electrons. The van der Waals surface area contributed by atoms with Gasteiger partial charge in [0.25, 0.3) is 5.91 Å². The highest BCUT2D eigenvalue weighted by molar-refractivity contribution is 6.09. The fourth-order valence-corrected chi connectivity index (χ4v) is 3.80. The van der Waals surface area contributed by atoms with Gasteiger partial charge in [0.2, 0.25) is 0 Å². The van der Waals surface area contributed by atoms with E-state index >= 15 is 0 Å². The second kappa shape index (κ2) is 6.36. The molecule has 0 aromatic rings. The molecular weight excluding hydrogens is 284 g/mol. The van der Waals surface area contributed by atoms with Gasteiger partial charge in [-0.05, 0) is 12.3 Å². The Kier molecular flexibility index (Phi) is 4.47. The van der Waals surface area contributed by atoms with Crippen LogP contribution >= 0.6 is 0 Å². The molecular formula is C16H24N2O4. The van der Waals surface area contributed by atoms with Crippen molar-refractivity contribution in [3.05, 3.63) is 0 Å². The lowest BCUT2D eigenvalue weighted by molar-refractivity contribution is -0.137. The van der Waals surface area contributed by atoms with Crippen LogP contribution in [0.5, 0.6) is 0 Å². The van der Waals surface area contributed by atoms with Crippen LogP contribution in [0.2, 0.25) is 0 Å². The molecule has 1 N–H and O–H groups in total. The van der Waals surface area contributed by atoms with E-state index in [1.807, 2.05) is 0 Å². The number of ether oxygens (including phenoxy) is 1. The van der Waals surface area contributed by atoms with Crippen LogP contribution in [0.15, 0.2) is 0 Å². The van der Waals surface area contributed by atoms with Crippen molar-refractivity contribution in [1.29, 1.82) is 0 Å². The molecule has 1 saturated carbocycles. The third kappa shape index (κ3) is 3.02. The average molecular weight is 308 g/mol. The van der Waals surface area contributed by atoms with E-state index in [4.69, 9.17) is 4.74 Å². The molecule has 0 bridgehead atoms. The number of rotatable bonds is 5. The number of carbonyl (C=O) groups is 3. The summed E-state index contributed by atoms with van der Waals surface area (Å²) in [6.07, 6.45) is 7.28. The fraction of sp³-hybridized carbons (Fsp3) is 0.812. The van der Waals surface area contributed by atoms with Crippen LogP contribution in [0, 0.1) is 5.92 Å².